The summed E-state index contributed by atoms with van der Waals surface area (Å²) in [5, 5.41) is 6.59. The quantitative estimate of drug-likeness (QED) is 0.362. The number of nitrogens with zero attached hydrogens (tertiary/aromatic N) is 2. The van der Waals surface area contributed by atoms with Crippen LogP contribution in [0, 0.1) is 0 Å². The Morgan fingerprint density at radius 1 is 0.967 bits per heavy atom. The number of methoxy groups -OCH3 is 1. The number of ether oxygens (including phenoxy) is 1. The molecule has 0 unspecified atom stereocenters. The van der Waals surface area contributed by atoms with E-state index in [2.05, 4.69) is 20.8 Å². The number of carbonyl (C=O) groups is 2. The van der Waals surface area contributed by atoms with E-state index >= 15 is 0 Å². The molecule has 0 saturated heterocycles. The van der Waals surface area contributed by atoms with Gasteiger partial charge in [0.05, 0.1) is 13.3 Å². The Kier molecular flexibility index (Phi) is 7.05. The monoisotopic (exact) mass is 400 g/mol. The van der Waals surface area contributed by atoms with Crippen molar-refractivity contribution in [1.82, 2.24) is 15.7 Å². The highest BCUT2D eigenvalue weighted by Crippen LogP contribution is 2.14. The van der Waals surface area contributed by atoms with Crippen molar-refractivity contribution in [3.8, 4) is 5.75 Å². The molecule has 150 valence electrons. The Morgan fingerprint density at radius 2 is 1.73 bits per heavy atom. The van der Waals surface area contributed by atoms with Gasteiger partial charge in [-0.1, -0.05) is 36.4 Å². The molecule has 7 heteroatoms. The first-order valence-electron chi connectivity index (χ1n) is 9.11. The minimum absolute atomic E-state index is 0.0531. The molecule has 0 fully saturated rings. The molecule has 2 aromatic carbocycles. The Morgan fingerprint density at radius 3 is 2.40 bits per heavy atom. The lowest BCUT2D eigenvalue weighted by Crippen LogP contribution is -2.32. The molecule has 0 spiro atoms. The summed E-state index contributed by atoms with van der Waals surface area (Å²) in [4.78, 5) is 29.2. The number of rotatable bonds is 7. The SMILES string of the molecule is COc1ccc(/C=C(\NC(=O)c2ccccc2)C(=O)NN=Cc2cccnc2)cc1. The van der Waals surface area contributed by atoms with Crippen molar-refractivity contribution in [2.75, 3.05) is 7.11 Å². The van der Waals surface area contributed by atoms with E-state index < -0.39 is 11.8 Å². The number of hydrogen-bond donors (Lipinski definition) is 2. The average molecular weight is 400 g/mol. The van der Waals surface area contributed by atoms with Gasteiger partial charge in [0.2, 0.25) is 0 Å². The highest BCUT2D eigenvalue weighted by atomic mass is 16.5. The van der Waals surface area contributed by atoms with Crippen LogP contribution in [0.5, 0.6) is 5.75 Å². The number of carbonyl (C=O) groups excluding carboxylic acids is 2. The second kappa shape index (κ2) is 10.3. The van der Waals surface area contributed by atoms with Crippen LogP contribution in [0.3, 0.4) is 0 Å². The van der Waals surface area contributed by atoms with E-state index in [1.807, 2.05) is 6.07 Å². The average Bonchev–Trinajstić information content (AvgIpc) is 2.80. The third-order valence-corrected chi connectivity index (χ3v) is 4.02. The largest absolute Gasteiger partial charge is 0.497 e. The van der Waals surface area contributed by atoms with E-state index in [1.165, 1.54) is 6.21 Å². The molecule has 0 saturated carbocycles. The van der Waals surface area contributed by atoms with Crippen molar-refractivity contribution in [2.45, 2.75) is 0 Å². The number of amides is 2. The summed E-state index contributed by atoms with van der Waals surface area (Å²) in [6.07, 6.45) is 6.29. The van der Waals surface area contributed by atoms with E-state index in [1.54, 1.807) is 86.2 Å². The maximum Gasteiger partial charge on any atom is 0.287 e. The third-order valence-electron chi connectivity index (χ3n) is 4.02. The molecule has 3 aromatic rings. The van der Waals surface area contributed by atoms with Crippen LogP contribution < -0.4 is 15.5 Å². The highest BCUT2D eigenvalue weighted by Gasteiger charge is 2.14. The molecule has 0 aliphatic carbocycles. The summed E-state index contributed by atoms with van der Waals surface area (Å²) < 4.78 is 5.15. The van der Waals surface area contributed by atoms with Crippen LogP contribution in [-0.2, 0) is 4.79 Å². The van der Waals surface area contributed by atoms with Gasteiger partial charge in [0.25, 0.3) is 11.8 Å². The van der Waals surface area contributed by atoms with Gasteiger partial charge in [0.1, 0.15) is 11.4 Å². The fourth-order valence-corrected chi connectivity index (χ4v) is 2.49. The number of hydrazone groups is 1. The second-order valence-electron chi connectivity index (χ2n) is 6.14. The maximum absolute atomic E-state index is 12.7. The molecule has 1 heterocycles. The van der Waals surface area contributed by atoms with Crippen molar-refractivity contribution in [3.63, 3.8) is 0 Å². The van der Waals surface area contributed by atoms with Gasteiger partial charge in [0.15, 0.2) is 0 Å². The van der Waals surface area contributed by atoms with Crippen molar-refractivity contribution in [2.24, 2.45) is 5.10 Å². The number of nitrogens with one attached hydrogen (secondary N) is 2. The first-order chi connectivity index (χ1) is 14.7. The van der Waals surface area contributed by atoms with Gasteiger partial charge >= 0.3 is 0 Å². The number of hydrogen-bond acceptors (Lipinski definition) is 5. The van der Waals surface area contributed by atoms with Gasteiger partial charge in [0, 0.05) is 23.5 Å². The maximum atomic E-state index is 12.7. The van der Waals surface area contributed by atoms with Crippen LogP contribution >= 0.6 is 0 Å². The van der Waals surface area contributed by atoms with Crippen molar-refractivity contribution >= 4 is 24.1 Å². The molecule has 0 aliphatic heterocycles. The summed E-state index contributed by atoms with van der Waals surface area (Å²) >= 11 is 0. The number of aromatic nitrogens is 1. The first-order valence-corrected chi connectivity index (χ1v) is 9.11. The van der Waals surface area contributed by atoms with E-state index in [-0.39, 0.29) is 5.70 Å². The lowest BCUT2D eigenvalue weighted by molar-refractivity contribution is -0.117. The fraction of sp³-hybridized carbons (Fsp3) is 0.0435. The van der Waals surface area contributed by atoms with Crippen LogP contribution in [0.4, 0.5) is 0 Å². The molecule has 3 rings (SSSR count). The lowest BCUT2D eigenvalue weighted by Gasteiger charge is -2.09. The van der Waals surface area contributed by atoms with Gasteiger partial charge in [-0.2, -0.15) is 5.10 Å². The van der Waals surface area contributed by atoms with Crippen molar-refractivity contribution < 1.29 is 14.3 Å². The second-order valence-corrected chi connectivity index (χ2v) is 6.14. The molecule has 0 bridgehead atoms. The van der Waals surface area contributed by atoms with E-state index in [0.717, 1.165) is 5.56 Å². The molecule has 7 nitrogen and oxygen atoms in total. The van der Waals surface area contributed by atoms with Crippen molar-refractivity contribution in [3.05, 3.63) is 102 Å². The van der Waals surface area contributed by atoms with E-state index in [0.29, 0.717) is 16.9 Å². The molecule has 1 aromatic heterocycles. The van der Waals surface area contributed by atoms with E-state index in [4.69, 9.17) is 4.74 Å². The topological polar surface area (TPSA) is 92.7 Å². The standard InChI is InChI=1S/C23H20N4O3/c1-30-20-11-9-17(10-12-20)14-21(26-22(28)19-7-3-2-4-8-19)23(29)27-25-16-18-6-5-13-24-15-18/h2-16H,1H3,(H,26,28)(H,27,29)/b21-14-,25-16?. The molecule has 0 radical (unpaired) electrons. The summed E-state index contributed by atoms with van der Waals surface area (Å²) in [6.45, 7) is 0. The molecule has 0 atom stereocenters. The van der Waals surface area contributed by atoms with Gasteiger partial charge in [-0.15, -0.1) is 0 Å². The van der Waals surface area contributed by atoms with Crippen LogP contribution in [0.2, 0.25) is 0 Å². The summed E-state index contributed by atoms with van der Waals surface area (Å²) in [7, 11) is 1.57. The summed E-state index contributed by atoms with van der Waals surface area (Å²) in [5.41, 5.74) is 4.36. The van der Waals surface area contributed by atoms with Crippen molar-refractivity contribution in [1.29, 1.82) is 0 Å². The fourth-order valence-electron chi connectivity index (χ4n) is 2.49. The normalized spacial score (nSPS) is 11.2. The Balaban J connectivity index is 1.80. The van der Waals surface area contributed by atoms with Gasteiger partial charge < -0.3 is 10.1 Å². The Labute approximate surface area is 174 Å². The first kappa shape index (κ1) is 20.5. The molecule has 30 heavy (non-hydrogen) atoms. The Bertz CT molecular complexity index is 1050. The molecule has 0 aliphatic rings. The zero-order valence-corrected chi connectivity index (χ0v) is 16.3. The zero-order chi connectivity index (χ0) is 21.2. The number of pyridine rings is 1. The molecular formula is C23H20N4O3. The molecular weight excluding hydrogens is 380 g/mol. The minimum Gasteiger partial charge on any atom is -0.497 e. The predicted molar refractivity (Wildman–Crippen MR) is 115 cm³/mol. The zero-order valence-electron chi connectivity index (χ0n) is 16.3. The van der Waals surface area contributed by atoms with Gasteiger partial charge in [-0.3, -0.25) is 14.6 Å². The smallest absolute Gasteiger partial charge is 0.287 e. The van der Waals surface area contributed by atoms with Crippen LogP contribution in [0.15, 0.2) is 89.9 Å². The molecule has 2 amide bonds. The Hall–Kier alpha value is -4.26. The van der Waals surface area contributed by atoms with Crippen LogP contribution in [0.25, 0.3) is 6.08 Å². The van der Waals surface area contributed by atoms with Crippen LogP contribution in [-0.4, -0.2) is 30.1 Å². The van der Waals surface area contributed by atoms with Gasteiger partial charge in [-0.25, -0.2) is 5.43 Å². The van der Waals surface area contributed by atoms with Gasteiger partial charge in [-0.05, 0) is 42.0 Å². The summed E-state index contributed by atoms with van der Waals surface area (Å²) in [5.74, 6) is -0.274. The predicted octanol–water partition coefficient (Wildman–Crippen LogP) is 3.01. The van der Waals surface area contributed by atoms with E-state index in [9.17, 15) is 9.59 Å². The highest BCUT2D eigenvalue weighted by molar-refractivity contribution is 6.05. The minimum atomic E-state index is -0.560. The lowest BCUT2D eigenvalue weighted by atomic mass is 10.1. The van der Waals surface area contributed by atoms with Crippen LogP contribution in [0.1, 0.15) is 21.5 Å². The third kappa shape index (κ3) is 5.87. The number of benzene rings is 2. The molecule has 2 N–H and O–H groups in total. The summed E-state index contributed by atoms with van der Waals surface area (Å²) in [6, 6.07) is 19.3.